The smallest absolute Gasteiger partial charge is 0.227 e. The van der Waals surface area contributed by atoms with Crippen LogP contribution in [0.1, 0.15) is 23.7 Å². The summed E-state index contributed by atoms with van der Waals surface area (Å²) in [5, 5.41) is 0. The van der Waals surface area contributed by atoms with Gasteiger partial charge in [0.1, 0.15) is 19.0 Å². The number of carbonyl (C=O) groups excluding carboxylic acids is 1. The summed E-state index contributed by atoms with van der Waals surface area (Å²) in [5.74, 6) is 2.48. The number of benzene rings is 3. The van der Waals surface area contributed by atoms with Crippen LogP contribution in [0.3, 0.4) is 0 Å². The van der Waals surface area contributed by atoms with Gasteiger partial charge < -0.3 is 18.9 Å². The van der Waals surface area contributed by atoms with Crippen LogP contribution in [0.25, 0.3) is 17.1 Å². The molecule has 3 heterocycles. The molecule has 2 aliphatic heterocycles. The van der Waals surface area contributed by atoms with Gasteiger partial charge in [-0.25, -0.2) is 4.98 Å². The van der Waals surface area contributed by atoms with Gasteiger partial charge in [-0.3, -0.25) is 4.79 Å². The van der Waals surface area contributed by atoms with E-state index in [0.717, 1.165) is 33.9 Å². The van der Waals surface area contributed by atoms with Crippen molar-refractivity contribution in [3.63, 3.8) is 0 Å². The van der Waals surface area contributed by atoms with E-state index in [2.05, 4.69) is 34.9 Å². The van der Waals surface area contributed by atoms with Crippen LogP contribution in [0.5, 0.6) is 11.5 Å². The molecule has 170 valence electrons. The molecular formula is C28H25N3O3. The number of nitrogens with zero attached hydrogens (tertiary/aromatic N) is 3. The minimum absolute atomic E-state index is 0.0122. The third kappa shape index (κ3) is 3.81. The first kappa shape index (κ1) is 20.5. The van der Waals surface area contributed by atoms with Gasteiger partial charge in [0, 0.05) is 37.2 Å². The average Bonchev–Trinajstić information content (AvgIpc) is 3.45. The van der Waals surface area contributed by atoms with Crippen molar-refractivity contribution in [2.24, 2.45) is 0 Å². The Balaban J connectivity index is 1.29. The van der Waals surface area contributed by atoms with Crippen LogP contribution >= 0.6 is 0 Å². The van der Waals surface area contributed by atoms with Gasteiger partial charge in [-0.15, -0.1) is 0 Å². The van der Waals surface area contributed by atoms with Crippen LogP contribution in [0.15, 0.2) is 78.9 Å². The topological polar surface area (TPSA) is 56.6 Å². The quantitative estimate of drug-likeness (QED) is 0.427. The zero-order valence-electron chi connectivity index (χ0n) is 18.8. The average molecular weight is 452 g/mol. The number of para-hydroxylation sites is 2. The molecule has 0 spiro atoms. The van der Waals surface area contributed by atoms with E-state index in [-0.39, 0.29) is 11.8 Å². The molecule has 2 aliphatic rings. The van der Waals surface area contributed by atoms with Gasteiger partial charge in [0.05, 0.1) is 11.0 Å². The molecule has 1 aromatic heterocycles. The fourth-order valence-electron chi connectivity index (χ4n) is 4.79. The maximum absolute atomic E-state index is 13.1. The number of anilines is 1. The van der Waals surface area contributed by atoms with Gasteiger partial charge in [-0.2, -0.15) is 0 Å². The second-order valence-electron chi connectivity index (χ2n) is 8.62. The zero-order chi connectivity index (χ0) is 22.9. The van der Waals surface area contributed by atoms with Crippen molar-refractivity contribution in [1.82, 2.24) is 9.55 Å². The second-order valence-corrected chi connectivity index (χ2v) is 8.62. The van der Waals surface area contributed by atoms with E-state index in [4.69, 9.17) is 14.5 Å². The van der Waals surface area contributed by atoms with E-state index in [1.807, 2.05) is 59.5 Å². The summed E-state index contributed by atoms with van der Waals surface area (Å²) >= 11 is 0. The number of carbonyl (C=O) groups is 1. The van der Waals surface area contributed by atoms with Gasteiger partial charge in [-0.1, -0.05) is 54.6 Å². The predicted octanol–water partition coefficient (Wildman–Crippen LogP) is 5.04. The maximum atomic E-state index is 13.1. The Morgan fingerprint density at radius 1 is 0.941 bits per heavy atom. The van der Waals surface area contributed by atoms with E-state index >= 15 is 0 Å². The third-order valence-corrected chi connectivity index (χ3v) is 6.41. The first-order chi connectivity index (χ1) is 16.8. The maximum Gasteiger partial charge on any atom is 0.227 e. The predicted molar refractivity (Wildman–Crippen MR) is 132 cm³/mol. The lowest BCUT2D eigenvalue weighted by Crippen LogP contribution is -2.25. The van der Waals surface area contributed by atoms with E-state index in [0.29, 0.717) is 38.5 Å². The SMILES string of the molecule is O=C1CC(c2nc3ccccc3n2C/C=C/c2ccccc2)CN1c1ccc2c(c1)OCCO2. The van der Waals surface area contributed by atoms with Gasteiger partial charge in [-0.05, 0) is 29.8 Å². The fourth-order valence-corrected chi connectivity index (χ4v) is 4.79. The van der Waals surface area contributed by atoms with Crippen molar-refractivity contribution in [3.05, 3.63) is 90.3 Å². The molecular weight excluding hydrogens is 426 g/mol. The van der Waals surface area contributed by atoms with Crippen LogP contribution in [0, 0.1) is 0 Å². The molecule has 0 saturated carbocycles. The summed E-state index contributed by atoms with van der Waals surface area (Å²) in [6, 6.07) is 24.1. The summed E-state index contributed by atoms with van der Waals surface area (Å²) in [4.78, 5) is 19.9. The van der Waals surface area contributed by atoms with E-state index in [9.17, 15) is 4.79 Å². The lowest BCUT2D eigenvalue weighted by atomic mass is 10.1. The fraction of sp³-hybridized carbons (Fsp3) is 0.214. The number of allylic oxidation sites excluding steroid dienone is 1. The molecule has 6 nitrogen and oxygen atoms in total. The molecule has 1 saturated heterocycles. The summed E-state index contributed by atoms with van der Waals surface area (Å²) < 4.78 is 13.6. The van der Waals surface area contributed by atoms with Crippen molar-refractivity contribution in [2.45, 2.75) is 18.9 Å². The zero-order valence-corrected chi connectivity index (χ0v) is 18.8. The molecule has 0 N–H and O–H groups in total. The van der Waals surface area contributed by atoms with Crippen LogP contribution in [0.2, 0.25) is 0 Å². The summed E-state index contributed by atoms with van der Waals surface area (Å²) in [5.41, 5.74) is 4.04. The Labute approximate surface area is 198 Å². The van der Waals surface area contributed by atoms with Crippen LogP contribution < -0.4 is 14.4 Å². The Bertz CT molecular complexity index is 1380. The Morgan fingerprint density at radius 3 is 2.62 bits per heavy atom. The normalized spacial score (nSPS) is 17.7. The monoisotopic (exact) mass is 451 g/mol. The summed E-state index contributed by atoms with van der Waals surface area (Å²) in [7, 11) is 0. The molecule has 0 bridgehead atoms. The second kappa shape index (κ2) is 8.71. The molecule has 4 aromatic rings. The summed E-state index contributed by atoms with van der Waals surface area (Å²) in [6.45, 7) is 2.35. The number of ether oxygens (including phenoxy) is 2. The molecule has 6 heteroatoms. The third-order valence-electron chi connectivity index (χ3n) is 6.41. The number of aromatic nitrogens is 2. The highest BCUT2D eigenvalue weighted by Crippen LogP contribution is 2.38. The molecule has 0 radical (unpaired) electrons. The molecule has 34 heavy (non-hydrogen) atoms. The molecule has 1 atom stereocenters. The van der Waals surface area contributed by atoms with Gasteiger partial charge >= 0.3 is 0 Å². The van der Waals surface area contributed by atoms with Gasteiger partial charge in [0.25, 0.3) is 0 Å². The van der Waals surface area contributed by atoms with Crippen LogP contribution in [0.4, 0.5) is 5.69 Å². The van der Waals surface area contributed by atoms with E-state index in [1.165, 1.54) is 0 Å². The first-order valence-corrected chi connectivity index (χ1v) is 11.6. The molecule has 3 aromatic carbocycles. The first-order valence-electron chi connectivity index (χ1n) is 11.6. The highest BCUT2D eigenvalue weighted by Gasteiger charge is 2.35. The Morgan fingerprint density at radius 2 is 1.74 bits per heavy atom. The number of fused-ring (bicyclic) bond motifs is 2. The van der Waals surface area contributed by atoms with Gasteiger partial charge in [0.2, 0.25) is 5.91 Å². The Hall–Kier alpha value is -4.06. The van der Waals surface area contributed by atoms with Crippen molar-refractivity contribution < 1.29 is 14.3 Å². The van der Waals surface area contributed by atoms with Crippen molar-refractivity contribution in [2.75, 3.05) is 24.7 Å². The lowest BCUT2D eigenvalue weighted by molar-refractivity contribution is -0.117. The number of hydrogen-bond donors (Lipinski definition) is 0. The van der Waals surface area contributed by atoms with Crippen molar-refractivity contribution in [3.8, 4) is 11.5 Å². The van der Waals surface area contributed by atoms with Gasteiger partial charge in [0.15, 0.2) is 11.5 Å². The minimum Gasteiger partial charge on any atom is -0.486 e. The Kier molecular flexibility index (Phi) is 5.26. The molecule has 1 fully saturated rings. The summed E-state index contributed by atoms with van der Waals surface area (Å²) in [6.07, 6.45) is 4.71. The molecule has 1 amide bonds. The molecule has 0 aliphatic carbocycles. The number of amides is 1. The molecule has 6 rings (SSSR count). The van der Waals surface area contributed by atoms with E-state index < -0.39 is 0 Å². The van der Waals surface area contributed by atoms with E-state index in [1.54, 1.807) is 0 Å². The number of rotatable bonds is 5. The number of imidazole rings is 1. The van der Waals surface area contributed by atoms with Crippen LogP contribution in [-0.4, -0.2) is 35.2 Å². The largest absolute Gasteiger partial charge is 0.486 e. The highest BCUT2D eigenvalue weighted by atomic mass is 16.6. The van der Waals surface area contributed by atoms with Crippen LogP contribution in [-0.2, 0) is 11.3 Å². The van der Waals surface area contributed by atoms with Crippen molar-refractivity contribution in [1.29, 1.82) is 0 Å². The minimum atomic E-state index is 0.0122. The number of hydrogen-bond acceptors (Lipinski definition) is 4. The highest BCUT2D eigenvalue weighted by molar-refractivity contribution is 5.97. The molecule has 1 unspecified atom stereocenters. The standard InChI is InChI=1S/C28H25N3O3/c32-27-17-21(19-31(27)22-12-13-25-26(18-22)34-16-15-33-25)28-29-23-10-4-5-11-24(23)30(28)14-6-9-20-7-2-1-3-8-20/h1-13,18,21H,14-17,19H2/b9-6+. The lowest BCUT2D eigenvalue weighted by Gasteiger charge is -2.22. The van der Waals surface area contributed by atoms with Crippen molar-refractivity contribution >= 4 is 28.7 Å².